The average molecular weight is 132 g/mol. The van der Waals surface area contributed by atoms with E-state index in [0.717, 1.165) is 13.0 Å². The highest BCUT2D eigenvalue weighted by molar-refractivity contribution is 4.60. The fraction of sp³-hybridized carbons (Fsp3) is 1.00. The highest BCUT2D eigenvalue weighted by Gasteiger charge is 2.02. The molecule has 0 aliphatic heterocycles. The van der Waals surface area contributed by atoms with Crippen molar-refractivity contribution in [2.45, 2.75) is 6.42 Å². The number of nitrogens with two attached hydrogens (primary N) is 1. The topological polar surface area (TPSA) is 58.3 Å². The van der Waals surface area contributed by atoms with E-state index in [1.165, 1.54) is 0 Å². The molecular weight excluding hydrogens is 116 g/mol. The molecule has 0 aromatic heterocycles. The standard InChI is InChI=1S/C6H16N2O/c1-8-5-6(4-7)2-3-9/h6,8-9H,2-5,7H2,1H3. The molecule has 0 bridgehead atoms. The second-order valence-corrected chi connectivity index (χ2v) is 2.17. The van der Waals surface area contributed by atoms with Crippen molar-refractivity contribution in [2.75, 3.05) is 26.7 Å². The summed E-state index contributed by atoms with van der Waals surface area (Å²) in [4.78, 5) is 0. The van der Waals surface area contributed by atoms with Gasteiger partial charge in [-0.2, -0.15) is 0 Å². The molecule has 1 atom stereocenters. The first kappa shape index (κ1) is 8.88. The van der Waals surface area contributed by atoms with Crippen LogP contribution in [0.15, 0.2) is 0 Å². The van der Waals surface area contributed by atoms with Gasteiger partial charge in [-0.3, -0.25) is 0 Å². The van der Waals surface area contributed by atoms with Gasteiger partial charge in [-0.25, -0.2) is 0 Å². The Balaban J connectivity index is 3.18. The molecule has 0 aliphatic rings. The van der Waals surface area contributed by atoms with E-state index in [9.17, 15) is 0 Å². The van der Waals surface area contributed by atoms with Crippen LogP contribution in [0.5, 0.6) is 0 Å². The lowest BCUT2D eigenvalue weighted by Crippen LogP contribution is -2.26. The van der Waals surface area contributed by atoms with Gasteiger partial charge in [0.25, 0.3) is 0 Å². The molecule has 0 aromatic rings. The van der Waals surface area contributed by atoms with Crippen LogP contribution in [0.1, 0.15) is 6.42 Å². The fourth-order valence-electron chi connectivity index (χ4n) is 0.774. The third-order valence-electron chi connectivity index (χ3n) is 1.36. The van der Waals surface area contributed by atoms with Gasteiger partial charge in [-0.05, 0) is 32.5 Å². The Kier molecular flexibility index (Phi) is 5.93. The third-order valence-corrected chi connectivity index (χ3v) is 1.36. The summed E-state index contributed by atoms with van der Waals surface area (Å²) in [6, 6.07) is 0. The van der Waals surface area contributed by atoms with E-state index in [-0.39, 0.29) is 6.61 Å². The molecule has 0 amide bonds. The monoisotopic (exact) mass is 132 g/mol. The molecule has 0 rings (SSSR count). The normalized spacial score (nSPS) is 13.7. The van der Waals surface area contributed by atoms with Gasteiger partial charge < -0.3 is 16.2 Å². The van der Waals surface area contributed by atoms with Crippen LogP contribution < -0.4 is 11.1 Å². The van der Waals surface area contributed by atoms with Crippen molar-refractivity contribution >= 4 is 0 Å². The van der Waals surface area contributed by atoms with Crippen LogP contribution in [0.25, 0.3) is 0 Å². The first-order valence-corrected chi connectivity index (χ1v) is 3.30. The van der Waals surface area contributed by atoms with Crippen molar-refractivity contribution in [1.82, 2.24) is 5.32 Å². The number of hydrogen-bond donors (Lipinski definition) is 3. The Morgan fingerprint density at radius 2 is 2.33 bits per heavy atom. The van der Waals surface area contributed by atoms with E-state index in [1.807, 2.05) is 7.05 Å². The van der Waals surface area contributed by atoms with Gasteiger partial charge in [0.15, 0.2) is 0 Å². The summed E-state index contributed by atoms with van der Waals surface area (Å²) in [6.07, 6.45) is 0.803. The van der Waals surface area contributed by atoms with Gasteiger partial charge in [0, 0.05) is 6.61 Å². The first-order valence-electron chi connectivity index (χ1n) is 3.30. The minimum Gasteiger partial charge on any atom is -0.396 e. The third kappa shape index (κ3) is 4.39. The Labute approximate surface area is 56.2 Å². The molecule has 0 saturated carbocycles. The van der Waals surface area contributed by atoms with Crippen LogP contribution in [0.4, 0.5) is 0 Å². The van der Waals surface area contributed by atoms with E-state index < -0.39 is 0 Å². The predicted molar refractivity (Wildman–Crippen MR) is 38.2 cm³/mol. The summed E-state index contributed by atoms with van der Waals surface area (Å²) in [7, 11) is 1.89. The van der Waals surface area contributed by atoms with Crippen molar-refractivity contribution in [3.63, 3.8) is 0 Å². The summed E-state index contributed by atoms with van der Waals surface area (Å²) in [5, 5.41) is 11.5. The van der Waals surface area contributed by atoms with Gasteiger partial charge in [-0.15, -0.1) is 0 Å². The van der Waals surface area contributed by atoms with Gasteiger partial charge >= 0.3 is 0 Å². The Morgan fingerprint density at radius 1 is 1.67 bits per heavy atom. The molecule has 56 valence electrons. The van der Waals surface area contributed by atoms with Crippen LogP contribution in [-0.4, -0.2) is 31.9 Å². The predicted octanol–water partition coefficient (Wildman–Crippen LogP) is -0.837. The molecule has 3 heteroatoms. The quantitative estimate of drug-likeness (QED) is 0.457. The summed E-state index contributed by atoms with van der Waals surface area (Å²) in [5.41, 5.74) is 5.39. The van der Waals surface area contributed by atoms with Crippen molar-refractivity contribution in [3.05, 3.63) is 0 Å². The van der Waals surface area contributed by atoms with Gasteiger partial charge in [-0.1, -0.05) is 0 Å². The maximum atomic E-state index is 8.51. The molecule has 0 aliphatic carbocycles. The Hall–Kier alpha value is -0.120. The molecule has 9 heavy (non-hydrogen) atoms. The highest BCUT2D eigenvalue weighted by atomic mass is 16.3. The van der Waals surface area contributed by atoms with E-state index in [2.05, 4.69) is 5.32 Å². The van der Waals surface area contributed by atoms with E-state index in [4.69, 9.17) is 10.8 Å². The largest absolute Gasteiger partial charge is 0.396 e. The molecule has 1 unspecified atom stereocenters. The molecule has 0 radical (unpaired) electrons. The van der Waals surface area contributed by atoms with Gasteiger partial charge in [0.05, 0.1) is 0 Å². The van der Waals surface area contributed by atoms with Crippen LogP contribution in [0.3, 0.4) is 0 Å². The van der Waals surface area contributed by atoms with Crippen LogP contribution in [0, 0.1) is 5.92 Å². The zero-order valence-electron chi connectivity index (χ0n) is 5.93. The zero-order valence-corrected chi connectivity index (χ0v) is 5.93. The molecule has 3 nitrogen and oxygen atoms in total. The molecule has 0 fully saturated rings. The molecule has 4 N–H and O–H groups in total. The van der Waals surface area contributed by atoms with Crippen LogP contribution in [-0.2, 0) is 0 Å². The summed E-state index contributed by atoms with van der Waals surface area (Å²) >= 11 is 0. The highest BCUT2D eigenvalue weighted by Crippen LogP contribution is 1.96. The number of hydrogen-bond acceptors (Lipinski definition) is 3. The number of rotatable bonds is 5. The fourth-order valence-corrected chi connectivity index (χ4v) is 0.774. The first-order chi connectivity index (χ1) is 4.35. The average Bonchev–Trinajstić information content (AvgIpc) is 1.88. The number of aliphatic hydroxyl groups excluding tert-OH is 1. The van der Waals surface area contributed by atoms with E-state index in [1.54, 1.807) is 0 Å². The van der Waals surface area contributed by atoms with E-state index >= 15 is 0 Å². The summed E-state index contributed by atoms with van der Waals surface area (Å²) in [5.74, 6) is 0.431. The second kappa shape index (κ2) is 6.01. The maximum absolute atomic E-state index is 8.51. The lowest BCUT2D eigenvalue weighted by atomic mass is 10.1. The number of nitrogens with one attached hydrogen (secondary N) is 1. The molecule has 0 aromatic carbocycles. The number of aliphatic hydroxyl groups is 1. The van der Waals surface area contributed by atoms with Crippen molar-refractivity contribution in [1.29, 1.82) is 0 Å². The SMILES string of the molecule is CNCC(CN)CCO. The Morgan fingerprint density at radius 3 is 2.67 bits per heavy atom. The van der Waals surface area contributed by atoms with Crippen molar-refractivity contribution in [3.8, 4) is 0 Å². The zero-order chi connectivity index (χ0) is 7.11. The van der Waals surface area contributed by atoms with Gasteiger partial charge in [0.2, 0.25) is 0 Å². The lowest BCUT2D eigenvalue weighted by molar-refractivity contribution is 0.257. The summed E-state index contributed by atoms with van der Waals surface area (Å²) < 4.78 is 0. The maximum Gasteiger partial charge on any atom is 0.0434 e. The summed E-state index contributed by atoms with van der Waals surface area (Å²) in [6.45, 7) is 1.79. The molecule has 0 saturated heterocycles. The van der Waals surface area contributed by atoms with Crippen molar-refractivity contribution in [2.24, 2.45) is 11.7 Å². The van der Waals surface area contributed by atoms with Crippen LogP contribution in [0.2, 0.25) is 0 Å². The molecular formula is C6H16N2O. The molecule has 0 spiro atoms. The smallest absolute Gasteiger partial charge is 0.0434 e. The Bertz CT molecular complexity index is 53.0. The minimum atomic E-state index is 0.240. The molecule has 0 heterocycles. The van der Waals surface area contributed by atoms with Crippen molar-refractivity contribution < 1.29 is 5.11 Å². The lowest BCUT2D eigenvalue weighted by Gasteiger charge is -2.10. The van der Waals surface area contributed by atoms with Gasteiger partial charge in [0.1, 0.15) is 0 Å². The minimum absolute atomic E-state index is 0.240. The van der Waals surface area contributed by atoms with E-state index in [0.29, 0.717) is 12.5 Å². The second-order valence-electron chi connectivity index (χ2n) is 2.17. The van der Waals surface area contributed by atoms with Crippen LogP contribution >= 0.6 is 0 Å².